The van der Waals surface area contributed by atoms with Crippen molar-refractivity contribution in [3.05, 3.63) is 64.6 Å². The molecule has 2 aromatic heterocycles. The highest BCUT2D eigenvalue weighted by molar-refractivity contribution is 7.09. The lowest BCUT2D eigenvalue weighted by Crippen LogP contribution is -2.19. The van der Waals surface area contributed by atoms with Crippen molar-refractivity contribution in [3.63, 3.8) is 0 Å². The predicted molar refractivity (Wildman–Crippen MR) is 84.7 cm³/mol. The van der Waals surface area contributed by atoms with Gasteiger partial charge in [0.15, 0.2) is 0 Å². The van der Waals surface area contributed by atoms with Crippen LogP contribution in [-0.4, -0.2) is 15.9 Å². The van der Waals surface area contributed by atoms with Gasteiger partial charge >= 0.3 is 0 Å². The van der Waals surface area contributed by atoms with Crippen molar-refractivity contribution in [2.45, 2.75) is 6.54 Å². The van der Waals surface area contributed by atoms with Crippen molar-refractivity contribution in [1.29, 1.82) is 0 Å². The van der Waals surface area contributed by atoms with Crippen molar-refractivity contribution in [1.82, 2.24) is 15.3 Å². The molecule has 5 heteroatoms. The standard InChI is InChI=1S/C16H13N3OS/c20-16(18-11-13-4-3-9-21-13)8-7-12-10-17-14-5-1-2-6-15(14)19-12/h1-10H,11H2,(H,18,20). The van der Waals surface area contributed by atoms with Crippen molar-refractivity contribution < 1.29 is 4.79 Å². The van der Waals surface area contributed by atoms with Gasteiger partial charge < -0.3 is 5.32 Å². The van der Waals surface area contributed by atoms with Gasteiger partial charge in [-0.25, -0.2) is 4.98 Å². The Morgan fingerprint density at radius 1 is 1.19 bits per heavy atom. The number of nitrogens with one attached hydrogen (secondary N) is 1. The summed E-state index contributed by atoms with van der Waals surface area (Å²) in [5.41, 5.74) is 2.33. The molecule has 1 aromatic carbocycles. The molecule has 0 atom stereocenters. The molecule has 0 aliphatic heterocycles. The average Bonchev–Trinajstić information content (AvgIpc) is 3.04. The van der Waals surface area contributed by atoms with E-state index in [1.54, 1.807) is 23.6 Å². The second kappa shape index (κ2) is 6.28. The summed E-state index contributed by atoms with van der Waals surface area (Å²) in [6.45, 7) is 0.546. The highest BCUT2D eigenvalue weighted by Crippen LogP contribution is 2.09. The third kappa shape index (κ3) is 3.52. The van der Waals surface area contributed by atoms with Gasteiger partial charge in [-0.1, -0.05) is 18.2 Å². The molecule has 0 bridgehead atoms. The number of hydrogen-bond donors (Lipinski definition) is 1. The van der Waals surface area contributed by atoms with Crippen LogP contribution in [0.25, 0.3) is 17.1 Å². The van der Waals surface area contributed by atoms with Crippen molar-refractivity contribution in [2.24, 2.45) is 0 Å². The highest BCUT2D eigenvalue weighted by atomic mass is 32.1. The molecular weight excluding hydrogens is 282 g/mol. The van der Waals surface area contributed by atoms with E-state index in [1.165, 1.54) is 6.08 Å². The van der Waals surface area contributed by atoms with E-state index in [9.17, 15) is 4.79 Å². The lowest BCUT2D eigenvalue weighted by molar-refractivity contribution is -0.116. The van der Waals surface area contributed by atoms with E-state index in [1.807, 2.05) is 41.8 Å². The number of fused-ring (bicyclic) bond motifs is 1. The highest BCUT2D eigenvalue weighted by Gasteiger charge is 1.99. The van der Waals surface area contributed by atoms with E-state index in [4.69, 9.17) is 0 Å². The number of thiophene rings is 1. The molecule has 3 aromatic rings. The number of para-hydroxylation sites is 2. The summed E-state index contributed by atoms with van der Waals surface area (Å²) in [6.07, 6.45) is 4.81. The number of carbonyl (C=O) groups excluding carboxylic acids is 1. The minimum atomic E-state index is -0.140. The summed E-state index contributed by atoms with van der Waals surface area (Å²) in [6, 6.07) is 11.6. The van der Waals surface area contributed by atoms with E-state index in [2.05, 4.69) is 15.3 Å². The van der Waals surface area contributed by atoms with Crippen molar-refractivity contribution in [2.75, 3.05) is 0 Å². The normalized spacial score (nSPS) is 11.0. The number of rotatable bonds is 4. The van der Waals surface area contributed by atoms with E-state index < -0.39 is 0 Å². The van der Waals surface area contributed by atoms with Crippen LogP contribution in [0.2, 0.25) is 0 Å². The molecule has 2 heterocycles. The molecule has 0 saturated heterocycles. The summed E-state index contributed by atoms with van der Waals surface area (Å²) >= 11 is 1.62. The molecule has 4 nitrogen and oxygen atoms in total. The average molecular weight is 295 g/mol. The second-order valence-corrected chi connectivity index (χ2v) is 5.45. The Balaban J connectivity index is 1.65. The van der Waals surface area contributed by atoms with Gasteiger partial charge in [0.2, 0.25) is 5.91 Å². The fourth-order valence-electron chi connectivity index (χ4n) is 1.86. The van der Waals surface area contributed by atoms with E-state index in [-0.39, 0.29) is 5.91 Å². The topological polar surface area (TPSA) is 54.9 Å². The third-order valence-corrected chi connectivity index (χ3v) is 3.77. The van der Waals surface area contributed by atoms with E-state index in [0.29, 0.717) is 12.2 Å². The summed E-state index contributed by atoms with van der Waals surface area (Å²) in [5, 5.41) is 4.82. The minimum absolute atomic E-state index is 0.140. The number of nitrogens with zero attached hydrogens (tertiary/aromatic N) is 2. The summed E-state index contributed by atoms with van der Waals surface area (Å²) in [5.74, 6) is -0.140. The minimum Gasteiger partial charge on any atom is -0.348 e. The van der Waals surface area contributed by atoms with Crippen LogP contribution < -0.4 is 5.32 Å². The SMILES string of the molecule is O=C(C=Cc1cnc2ccccc2n1)NCc1cccs1. The maximum atomic E-state index is 11.7. The van der Waals surface area contributed by atoms with E-state index >= 15 is 0 Å². The smallest absolute Gasteiger partial charge is 0.244 e. The molecule has 104 valence electrons. The molecule has 1 amide bonds. The Morgan fingerprint density at radius 2 is 2.05 bits per heavy atom. The van der Waals surface area contributed by atoms with Crippen LogP contribution >= 0.6 is 11.3 Å². The van der Waals surface area contributed by atoms with Crippen LogP contribution in [0.3, 0.4) is 0 Å². The first-order chi connectivity index (χ1) is 10.3. The van der Waals surface area contributed by atoms with Gasteiger partial charge in [0, 0.05) is 11.0 Å². The maximum Gasteiger partial charge on any atom is 0.244 e. The first kappa shape index (κ1) is 13.5. The van der Waals surface area contributed by atoms with Gasteiger partial charge in [0.05, 0.1) is 29.5 Å². The van der Waals surface area contributed by atoms with Crippen molar-refractivity contribution in [3.8, 4) is 0 Å². The van der Waals surface area contributed by atoms with Crippen molar-refractivity contribution >= 4 is 34.4 Å². The Kier molecular flexibility index (Phi) is 4.02. The summed E-state index contributed by atoms with van der Waals surface area (Å²) < 4.78 is 0. The lowest BCUT2D eigenvalue weighted by Gasteiger charge is -1.99. The van der Waals surface area contributed by atoms with Gasteiger partial charge in [-0.05, 0) is 29.7 Å². The molecule has 21 heavy (non-hydrogen) atoms. The predicted octanol–water partition coefficient (Wildman–Crippen LogP) is 3.02. The Morgan fingerprint density at radius 3 is 2.86 bits per heavy atom. The Hall–Kier alpha value is -2.53. The largest absolute Gasteiger partial charge is 0.348 e. The van der Waals surface area contributed by atoms with Gasteiger partial charge in [0.1, 0.15) is 0 Å². The zero-order chi connectivity index (χ0) is 14.5. The molecule has 0 unspecified atom stereocenters. The second-order valence-electron chi connectivity index (χ2n) is 4.41. The third-order valence-electron chi connectivity index (χ3n) is 2.89. The molecule has 3 rings (SSSR count). The summed E-state index contributed by atoms with van der Waals surface area (Å²) in [7, 11) is 0. The molecule has 0 aliphatic carbocycles. The van der Waals surface area contributed by atoms with Crippen LogP contribution in [0.1, 0.15) is 10.6 Å². The van der Waals surface area contributed by atoms with Crippen LogP contribution in [0.4, 0.5) is 0 Å². The van der Waals surface area contributed by atoms with Gasteiger partial charge in [-0.3, -0.25) is 9.78 Å². The fourth-order valence-corrected chi connectivity index (χ4v) is 2.50. The van der Waals surface area contributed by atoms with Crippen LogP contribution in [0.15, 0.2) is 54.1 Å². The molecule has 0 radical (unpaired) electrons. The van der Waals surface area contributed by atoms with Gasteiger partial charge in [-0.2, -0.15) is 0 Å². The van der Waals surface area contributed by atoms with Gasteiger partial charge in [-0.15, -0.1) is 11.3 Å². The van der Waals surface area contributed by atoms with Crippen LogP contribution in [0, 0.1) is 0 Å². The zero-order valence-electron chi connectivity index (χ0n) is 11.2. The first-order valence-corrected chi connectivity index (χ1v) is 7.39. The Bertz CT molecular complexity index is 781. The quantitative estimate of drug-likeness (QED) is 0.753. The number of benzene rings is 1. The molecule has 0 aliphatic rings. The maximum absolute atomic E-state index is 11.7. The zero-order valence-corrected chi connectivity index (χ0v) is 12.0. The van der Waals surface area contributed by atoms with Gasteiger partial charge in [0.25, 0.3) is 0 Å². The van der Waals surface area contributed by atoms with Crippen LogP contribution in [0.5, 0.6) is 0 Å². The number of amides is 1. The molecule has 0 saturated carbocycles. The molecular formula is C16H13N3OS. The van der Waals surface area contributed by atoms with Crippen LogP contribution in [-0.2, 0) is 11.3 Å². The van der Waals surface area contributed by atoms with E-state index in [0.717, 1.165) is 15.9 Å². The first-order valence-electron chi connectivity index (χ1n) is 6.51. The lowest BCUT2D eigenvalue weighted by atomic mass is 10.3. The Labute approximate surface area is 126 Å². The molecule has 0 fully saturated rings. The fraction of sp³-hybridized carbons (Fsp3) is 0.0625. The molecule has 0 spiro atoms. The monoisotopic (exact) mass is 295 g/mol. The number of hydrogen-bond acceptors (Lipinski definition) is 4. The summed E-state index contributed by atoms with van der Waals surface area (Å²) in [4.78, 5) is 21.6. The molecule has 1 N–H and O–H groups in total. The number of carbonyl (C=O) groups is 1. The number of aromatic nitrogens is 2.